The van der Waals surface area contributed by atoms with Crippen LogP contribution in [0.2, 0.25) is 0 Å². The monoisotopic (exact) mass is 759 g/mol. The summed E-state index contributed by atoms with van der Waals surface area (Å²) in [6.45, 7) is 5.70. The van der Waals surface area contributed by atoms with E-state index in [0.717, 1.165) is 24.2 Å². The van der Waals surface area contributed by atoms with Crippen LogP contribution in [0.1, 0.15) is 28.7 Å². The summed E-state index contributed by atoms with van der Waals surface area (Å²) < 4.78 is 2.39. The Morgan fingerprint density at radius 2 is 1.32 bits per heavy atom. The first kappa shape index (κ1) is 36.0. The highest BCUT2D eigenvalue weighted by Gasteiger charge is 2.42. The zero-order valence-electron chi connectivity index (χ0n) is 33.0. The number of nitrogens with zero attached hydrogens (tertiary/aromatic N) is 2. The molecule has 1 spiro atoms. The number of fused-ring (bicyclic) bond motifs is 5. The van der Waals surface area contributed by atoms with Crippen LogP contribution in [0, 0.1) is 0 Å². The molecule has 10 rings (SSSR count). The molecule has 1 aliphatic heterocycles. The number of aromatic nitrogens is 1. The summed E-state index contributed by atoms with van der Waals surface area (Å²) in [5, 5.41) is 6.18. The zero-order valence-corrected chi connectivity index (χ0v) is 33.0. The lowest BCUT2D eigenvalue weighted by Gasteiger charge is -2.30. The first-order chi connectivity index (χ1) is 29.2. The van der Waals surface area contributed by atoms with E-state index >= 15 is 0 Å². The molecule has 284 valence electrons. The van der Waals surface area contributed by atoms with Gasteiger partial charge in [-0.15, -0.1) is 0 Å². The van der Waals surface area contributed by atoms with E-state index in [2.05, 4.69) is 228 Å². The molecule has 7 aromatic carbocycles. The van der Waals surface area contributed by atoms with E-state index in [1.54, 1.807) is 0 Å². The Kier molecular flexibility index (Phi) is 9.48. The van der Waals surface area contributed by atoms with Gasteiger partial charge in [-0.2, -0.15) is 0 Å². The van der Waals surface area contributed by atoms with Crippen molar-refractivity contribution in [2.75, 3.05) is 23.3 Å². The van der Waals surface area contributed by atoms with Gasteiger partial charge in [-0.05, 0) is 118 Å². The van der Waals surface area contributed by atoms with Crippen LogP contribution in [-0.4, -0.2) is 17.7 Å². The minimum absolute atomic E-state index is 0.238. The van der Waals surface area contributed by atoms with E-state index in [-0.39, 0.29) is 5.41 Å². The van der Waals surface area contributed by atoms with Gasteiger partial charge >= 0.3 is 0 Å². The largest absolute Gasteiger partial charge is 0.381 e. The van der Waals surface area contributed by atoms with E-state index in [1.807, 2.05) is 12.1 Å². The van der Waals surface area contributed by atoms with Gasteiger partial charge in [0.05, 0.1) is 11.0 Å². The van der Waals surface area contributed by atoms with Crippen molar-refractivity contribution in [2.24, 2.45) is 0 Å². The third-order valence-corrected chi connectivity index (χ3v) is 11.9. The molecule has 0 amide bonds. The zero-order chi connectivity index (χ0) is 39.6. The maximum absolute atomic E-state index is 4.16. The molecule has 1 unspecified atom stereocenters. The summed E-state index contributed by atoms with van der Waals surface area (Å²) in [6, 6.07) is 65.5. The van der Waals surface area contributed by atoms with E-state index in [9.17, 15) is 0 Å². The number of rotatable bonds is 10. The van der Waals surface area contributed by atoms with Crippen LogP contribution in [0.4, 0.5) is 17.1 Å². The van der Waals surface area contributed by atoms with Gasteiger partial charge in [0.1, 0.15) is 0 Å². The summed E-state index contributed by atoms with van der Waals surface area (Å²) in [5.41, 5.74) is 15.4. The molecule has 0 saturated carbocycles. The summed E-state index contributed by atoms with van der Waals surface area (Å²) >= 11 is 0. The topological polar surface area (TPSA) is 20.2 Å². The molecule has 2 heterocycles. The second-order valence-electron chi connectivity index (χ2n) is 15.5. The number of hydrogen-bond acceptors (Lipinski definition) is 2. The lowest BCUT2D eigenvalue weighted by Crippen LogP contribution is -2.30. The fourth-order valence-corrected chi connectivity index (χ4v) is 9.11. The first-order valence-electron chi connectivity index (χ1n) is 20.5. The lowest BCUT2D eigenvalue weighted by atomic mass is 9.74. The fraction of sp³-hybridized carbons (Fsp3) is 0.0714. The normalized spacial score (nSPS) is 16.4. The molecule has 1 aromatic heterocycles. The predicted molar refractivity (Wildman–Crippen MR) is 252 cm³/mol. The van der Waals surface area contributed by atoms with Crippen molar-refractivity contribution in [1.29, 1.82) is 0 Å². The average molecular weight is 760 g/mol. The van der Waals surface area contributed by atoms with Crippen LogP contribution in [0.15, 0.2) is 225 Å². The lowest BCUT2D eigenvalue weighted by molar-refractivity contribution is 0.581. The standard InChI is InChI=1S/C56H45N3/c1-2-18-42(35-46(41-19-7-3-8-20-41)39-57-47-22-9-4-10-23-47)44-31-33-55-52(37-44)56(40-58(55)48-24-11-5-12-25-48)34-17-21-45(38-56)43-30-32-54-51(36-43)50-28-15-16-29-53(50)59(54)49-26-13-6-14-27-49/h2-33,35-38,57H,1,34,39-40H2/b42-18+,46-35+. The highest BCUT2D eigenvalue weighted by molar-refractivity contribution is 6.10. The van der Waals surface area contributed by atoms with Gasteiger partial charge in [0, 0.05) is 52.0 Å². The van der Waals surface area contributed by atoms with Gasteiger partial charge < -0.3 is 14.8 Å². The Hall–Kier alpha value is -7.36. The second kappa shape index (κ2) is 15.5. The number of anilines is 3. The molecule has 1 atom stereocenters. The Balaban J connectivity index is 1.09. The summed E-state index contributed by atoms with van der Waals surface area (Å²) in [4.78, 5) is 2.51. The maximum atomic E-state index is 4.16. The second-order valence-corrected chi connectivity index (χ2v) is 15.5. The van der Waals surface area contributed by atoms with Gasteiger partial charge in [-0.25, -0.2) is 0 Å². The van der Waals surface area contributed by atoms with Gasteiger partial charge in [0.15, 0.2) is 0 Å². The minimum Gasteiger partial charge on any atom is -0.381 e. The van der Waals surface area contributed by atoms with Gasteiger partial charge in [-0.3, -0.25) is 0 Å². The van der Waals surface area contributed by atoms with Crippen molar-refractivity contribution in [3.05, 3.63) is 247 Å². The third kappa shape index (κ3) is 6.81. The van der Waals surface area contributed by atoms with Crippen LogP contribution in [-0.2, 0) is 5.41 Å². The predicted octanol–water partition coefficient (Wildman–Crippen LogP) is 14.0. The molecule has 0 saturated heterocycles. The smallest absolute Gasteiger partial charge is 0.0541 e. The molecule has 0 fully saturated rings. The van der Waals surface area contributed by atoms with Crippen LogP contribution in [0.25, 0.3) is 44.2 Å². The summed E-state index contributed by atoms with van der Waals surface area (Å²) in [6.07, 6.45) is 14.6. The Labute approximate surface area is 346 Å². The Bertz CT molecular complexity index is 2930. The van der Waals surface area contributed by atoms with Gasteiger partial charge in [0.25, 0.3) is 0 Å². The van der Waals surface area contributed by atoms with Crippen molar-refractivity contribution in [2.45, 2.75) is 11.8 Å². The van der Waals surface area contributed by atoms with Crippen LogP contribution >= 0.6 is 0 Å². The number of hydrogen-bond donors (Lipinski definition) is 1. The van der Waals surface area contributed by atoms with Crippen LogP contribution in [0.5, 0.6) is 0 Å². The molecule has 3 heteroatoms. The van der Waals surface area contributed by atoms with Crippen molar-refractivity contribution in [1.82, 2.24) is 4.57 Å². The first-order valence-corrected chi connectivity index (χ1v) is 20.5. The molecule has 2 aliphatic rings. The SMILES string of the molecule is C=C/C=C(\C=C(/CNc1ccccc1)c1ccccc1)c1ccc2c(c1)C1(C=C(c3ccc4c(c3)c3ccccc3n4-c3ccccc3)C=CC1)CN2c1ccccc1. The van der Waals surface area contributed by atoms with Crippen molar-refractivity contribution in [3.8, 4) is 5.69 Å². The average Bonchev–Trinajstić information content (AvgIpc) is 3.80. The Morgan fingerprint density at radius 1 is 0.644 bits per heavy atom. The molecule has 0 bridgehead atoms. The molecular formula is C56H45N3. The van der Waals surface area contributed by atoms with Crippen molar-refractivity contribution in [3.63, 3.8) is 0 Å². The van der Waals surface area contributed by atoms with Gasteiger partial charge in [0.2, 0.25) is 0 Å². The minimum atomic E-state index is -0.238. The molecule has 1 aliphatic carbocycles. The highest BCUT2D eigenvalue weighted by Crippen LogP contribution is 2.51. The van der Waals surface area contributed by atoms with E-state index < -0.39 is 0 Å². The Morgan fingerprint density at radius 3 is 2.08 bits per heavy atom. The molecule has 1 N–H and O–H groups in total. The van der Waals surface area contributed by atoms with Crippen LogP contribution < -0.4 is 10.2 Å². The molecule has 3 nitrogen and oxygen atoms in total. The number of benzene rings is 7. The third-order valence-electron chi connectivity index (χ3n) is 11.9. The number of allylic oxidation sites excluding steroid dienone is 7. The maximum Gasteiger partial charge on any atom is 0.0541 e. The highest BCUT2D eigenvalue weighted by atomic mass is 15.2. The molecular weight excluding hydrogens is 715 g/mol. The van der Waals surface area contributed by atoms with E-state index in [1.165, 1.54) is 72.3 Å². The van der Waals surface area contributed by atoms with E-state index in [0.29, 0.717) is 6.54 Å². The number of para-hydroxylation sites is 4. The molecule has 8 aromatic rings. The van der Waals surface area contributed by atoms with E-state index in [4.69, 9.17) is 0 Å². The van der Waals surface area contributed by atoms with Crippen LogP contribution in [0.3, 0.4) is 0 Å². The number of nitrogens with one attached hydrogen (secondary N) is 1. The summed E-state index contributed by atoms with van der Waals surface area (Å²) in [7, 11) is 0. The van der Waals surface area contributed by atoms with Crippen molar-refractivity contribution >= 4 is 55.6 Å². The fourth-order valence-electron chi connectivity index (χ4n) is 9.11. The van der Waals surface area contributed by atoms with Gasteiger partial charge in [-0.1, -0.05) is 152 Å². The quantitative estimate of drug-likeness (QED) is 0.140. The van der Waals surface area contributed by atoms with Crippen molar-refractivity contribution < 1.29 is 0 Å². The summed E-state index contributed by atoms with van der Waals surface area (Å²) in [5.74, 6) is 0. The molecule has 59 heavy (non-hydrogen) atoms. The molecule has 0 radical (unpaired) electrons.